The van der Waals surface area contributed by atoms with Gasteiger partial charge in [0.2, 0.25) is 0 Å². The van der Waals surface area contributed by atoms with E-state index in [0.717, 1.165) is 0 Å². The van der Waals surface area contributed by atoms with Crippen molar-refractivity contribution < 1.29 is 14.3 Å². The minimum Gasteiger partial charge on any atom is -0.385 e. The maximum atomic E-state index is 12.8. The van der Waals surface area contributed by atoms with Crippen molar-refractivity contribution in [3.8, 4) is 5.69 Å². The van der Waals surface area contributed by atoms with Gasteiger partial charge in [0.05, 0.1) is 0 Å². The summed E-state index contributed by atoms with van der Waals surface area (Å²) in [5.41, 5.74) is 1.40. The Morgan fingerprint density at radius 2 is 1.67 bits per heavy atom. The van der Waals surface area contributed by atoms with Crippen molar-refractivity contribution >= 4 is 17.5 Å². The molecular formula is C23H23N3O4. The summed E-state index contributed by atoms with van der Waals surface area (Å²) in [6, 6.07) is 18.9. The van der Waals surface area contributed by atoms with Crippen LogP contribution in [0.5, 0.6) is 0 Å². The third-order valence-corrected chi connectivity index (χ3v) is 4.44. The van der Waals surface area contributed by atoms with Gasteiger partial charge in [-0.1, -0.05) is 18.2 Å². The van der Waals surface area contributed by atoms with Crippen LogP contribution in [0.25, 0.3) is 5.69 Å². The van der Waals surface area contributed by atoms with Crippen molar-refractivity contribution in [3.63, 3.8) is 0 Å². The molecule has 1 aromatic heterocycles. The first-order valence-corrected chi connectivity index (χ1v) is 9.56. The van der Waals surface area contributed by atoms with Crippen LogP contribution in [0, 0.1) is 0 Å². The molecule has 0 spiro atoms. The average molecular weight is 405 g/mol. The van der Waals surface area contributed by atoms with Gasteiger partial charge in [-0.25, -0.2) is 0 Å². The van der Waals surface area contributed by atoms with E-state index in [9.17, 15) is 14.4 Å². The van der Waals surface area contributed by atoms with Crippen molar-refractivity contribution in [2.75, 3.05) is 25.6 Å². The van der Waals surface area contributed by atoms with E-state index in [2.05, 4.69) is 10.6 Å². The summed E-state index contributed by atoms with van der Waals surface area (Å²) >= 11 is 0. The molecule has 2 amide bonds. The molecule has 3 rings (SSSR count). The van der Waals surface area contributed by atoms with Crippen LogP contribution in [0.3, 0.4) is 0 Å². The number of anilines is 1. The van der Waals surface area contributed by atoms with E-state index in [-0.39, 0.29) is 11.5 Å². The number of nitrogens with zero attached hydrogens (tertiary/aromatic N) is 1. The topological polar surface area (TPSA) is 89.4 Å². The number of carbonyl (C=O) groups excluding carboxylic acids is 2. The van der Waals surface area contributed by atoms with E-state index < -0.39 is 11.5 Å². The van der Waals surface area contributed by atoms with Gasteiger partial charge in [0, 0.05) is 43.4 Å². The molecule has 0 unspecified atom stereocenters. The molecule has 0 atom stereocenters. The van der Waals surface area contributed by atoms with Crippen LogP contribution in [0.15, 0.2) is 77.7 Å². The van der Waals surface area contributed by atoms with Gasteiger partial charge in [0.1, 0.15) is 5.56 Å². The molecule has 0 aliphatic heterocycles. The third kappa shape index (κ3) is 5.21. The van der Waals surface area contributed by atoms with Crippen molar-refractivity contribution in [2.45, 2.75) is 6.42 Å². The molecular weight excluding hydrogens is 382 g/mol. The number of ether oxygens (including phenoxy) is 1. The first-order chi connectivity index (χ1) is 14.6. The summed E-state index contributed by atoms with van der Waals surface area (Å²) in [7, 11) is 1.59. The lowest BCUT2D eigenvalue weighted by molar-refractivity contribution is 0.0946. The zero-order valence-electron chi connectivity index (χ0n) is 16.6. The van der Waals surface area contributed by atoms with Crippen LogP contribution in [0.4, 0.5) is 5.69 Å². The summed E-state index contributed by atoms with van der Waals surface area (Å²) in [6.45, 7) is 0.962. The molecule has 0 saturated heterocycles. The van der Waals surface area contributed by atoms with Gasteiger partial charge in [0.15, 0.2) is 0 Å². The molecule has 0 aliphatic rings. The van der Waals surface area contributed by atoms with Crippen molar-refractivity contribution in [1.29, 1.82) is 0 Å². The van der Waals surface area contributed by atoms with Crippen LogP contribution in [-0.2, 0) is 4.74 Å². The molecule has 2 N–H and O–H groups in total. The predicted octanol–water partition coefficient (Wildman–Crippen LogP) is 2.86. The summed E-state index contributed by atoms with van der Waals surface area (Å²) in [6.07, 6.45) is 2.26. The van der Waals surface area contributed by atoms with Gasteiger partial charge in [-0.15, -0.1) is 0 Å². The fourth-order valence-electron chi connectivity index (χ4n) is 2.88. The zero-order chi connectivity index (χ0) is 21.3. The van der Waals surface area contributed by atoms with E-state index in [4.69, 9.17) is 4.74 Å². The highest BCUT2D eigenvalue weighted by Crippen LogP contribution is 2.14. The standard InChI is InChI=1S/C23H23N3O4/c1-30-16-6-14-24-22(28)20-9-5-15-26(23(20)29)19-12-10-18(11-13-19)25-21(27)17-7-3-2-4-8-17/h2-5,7-13,15H,6,14,16H2,1H3,(H,24,28)(H,25,27). The number of hydrogen-bond donors (Lipinski definition) is 2. The van der Waals surface area contributed by atoms with Crippen molar-refractivity contribution in [1.82, 2.24) is 9.88 Å². The van der Waals surface area contributed by atoms with Crippen LogP contribution in [0.1, 0.15) is 27.1 Å². The summed E-state index contributed by atoms with van der Waals surface area (Å²) < 4.78 is 6.34. The quantitative estimate of drug-likeness (QED) is 0.564. The number of nitrogens with one attached hydrogen (secondary N) is 2. The molecule has 0 aliphatic carbocycles. The number of benzene rings is 2. The summed E-state index contributed by atoms with van der Waals surface area (Å²) in [5.74, 6) is -0.634. The molecule has 1 heterocycles. The minimum atomic E-state index is -0.419. The number of pyridine rings is 1. The fraction of sp³-hybridized carbons (Fsp3) is 0.174. The van der Waals surface area contributed by atoms with Crippen LogP contribution >= 0.6 is 0 Å². The maximum Gasteiger partial charge on any atom is 0.267 e. The first kappa shape index (κ1) is 21.0. The van der Waals surface area contributed by atoms with Gasteiger partial charge in [0.25, 0.3) is 17.4 Å². The lowest BCUT2D eigenvalue weighted by Gasteiger charge is -2.10. The highest BCUT2D eigenvalue weighted by molar-refractivity contribution is 6.04. The molecule has 7 heteroatoms. The monoisotopic (exact) mass is 405 g/mol. The highest BCUT2D eigenvalue weighted by atomic mass is 16.5. The number of rotatable bonds is 8. The molecule has 3 aromatic rings. The van der Waals surface area contributed by atoms with Crippen LogP contribution < -0.4 is 16.2 Å². The highest BCUT2D eigenvalue weighted by Gasteiger charge is 2.13. The van der Waals surface area contributed by atoms with Crippen molar-refractivity contribution in [2.24, 2.45) is 0 Å². The molecule has 7 nitrogen and oxygen atoms in total. The Bertz CT molecular complexity index is 1060. The second-order valence-electron chi connectivity index (χ2n) is 6.57. The lowest BCUT2D eigenvalue weighted by Crippen LogP contribution is -2.33. The van der Waals surface area contributed by atoms with Gasteiger partial charge in [-0.05, 0) is 55.0 Å². The van der Waals surface area contributed by atoms with E-state index in [1.165, 1.54) is 10.6 Å². The SMILES string of the molecule is COCCCNC(=O)c1cccn(-c2ccc(NC(=O)c3ccccc3)cc2)c1=O. The Morgan fingerprint density at radius 1 is 0.933 bits per heavy atom. The Balaban J connectivity index is 1.72. The van der Waals surface area contributed by atoms with Gasteiger partial charge >= 0.3 is 0 Å². The molecule has 0 radical (unpaired) electrons. The lowest BCUT2D eigenvalue weighted by atomic mass is 10.2. The Kier molecular flexibility index (Phi) is 7.13. The number of methoxy groups -OCH3 is 1. The Morgan fingerprint density at radius 3 is 2.37 bits per heavy atom. The molecule has 30 heavy (non-hydrogen) atoms. The minimum absolute atomic E-state index is 0.0661. The number of carbonyl (C=O) groups is 2. The molecule has 154 valence electrons. The third-order valence-electron chi connectivity index (χ3n) is 4.44. The molecule has 0 fully saturated rings. The van der Waals surface area contributed by atoms with E-state index in [1.807, 2.05) is 6.07 Å². The first-order valence-electron chi connectivity index (χ1n) is 9.56. The Hall–Kier alpha value is -3.71. The summed E-state index contributed by atoms with van der Waals surface area (Å²) in [4.78, 5) is 37.3. The zero-order valence-corrected chi connectivity index (χ0v) is 16.6. The van der Waals surface area contributed by atoms with E-state index >= 15 is 0 Å². The second kappa shape index (κ2) is 10.2. The molecule has 2 aromatic carbocycles. The van der Waals surface area contributed by atoms with Gasteiger partial charge in [-0.2, -0.15) is 0 Å². The number of hydrogen-bond acceptors (Lipinski definition) is 4. The van der Waals surface area contributed by atoms with E-state index in [0.29, 0.717) is 36.5 Å². The van der Waals surface area contributed by atoms with E-state index in [1.54, 1.807) is 67.9 Å². The van der Waals surface area contributed by atoms with Crippen LogP contribution in [-0.4, -0.2) is 36.6 Å². The molecule has 0 bridgehead atoms. The normalized spacial score (nSPS) is 10.4. The Labute approximate surface area is 174 Å². The largest absolute Gasteiger partial charge is 0.385 e. The van der Waals surface area contributed by atoms with Crippen LogP contribution in [0.2, 0.25) is 0 Å². The van der Waals surface area contributed by atoms with Gasteiger partial charge < -0.3 is 15.4 Å². The van der Waals surface area contributed by atoms with Crippen molar-refractivity contribution in [3.05, 3.63) is 94.4 Å². The average Bonchev–Trinajstić information content (AvgIpc) is 2.78. The summed E-state index contributed by atoms with van der Waals surface area (Å²) in [5, 5.41) is 5.53. The number of amides is 2. The molecule has 0 saturated carbocycles. The predicted molar refractivity (Wildman–Crippen MR) is 115 cm³/mol. The fourth-order valence-corrected chi connectivity index (χ4v) is 2.88. The number of aromatic nitrogens is 1. The second-order valence-corrected chi connectivity index (χ2v) is 6.57. The van der Waals surface area contributed by atoms with Gasteiger partial charge in [-0.3, -0.25) is 19.0 Å². The smallest absolute Gasteiger partial charge is 0.267 e. The maximum absolute atomic E-state index is 12.8.